The third kappa shape index (κ3) is 7.01. The zero-order valence-corrected chi connectivity index (χ0v) is 18.3. The predicted molar refractivity (Wildman–Crippen MR) is 117 cm³/mol. The summed E-state index contributed by atoms with van der Waals surface area (Å²) in [4.78, 5) is 18.4. The Labute approximate surface area is 173 Å². The molecule has 1 aromatic rings. The van der Waals surface area contributed by atoms with Crippen LogP contribution in [-0.4, -0.2) is 56.6 Å². The van der Waals surface area contributed by atoms with Gasteiger partial charge in [-0.05, 0) is 44.7 Å². The topological polar surface area (TPSA) is 66.0 Å². The molecule has 1 fully saturated rings. The smallest absolute Gasteiger partial charge is 0.244 e. The molecule has 0 aromatic heterocycles. The third-order valence-electron chi connectivity index (χ3n) is 4.30. The summed E-state index contributed by atoms with van der Waals surface area (Å²) in [7, 11) is 1.69. The van der Waals surface area contributed by atoms with Gasteiger partial charge in [-0.25, -0.2) is 4.99 Å². The molecule has 0 unspecified atom stereocenters. The first-order chi connectivity index (χ1) is 12.1. The number of nitrogens with one attached hydrogen (secondary N) is 2. The number of carbonyl (C=O) groups excluding carboxylic acids is 1. The van der Waals surface area contributed by atoms with Crippen molar-refractivity contribution < 1.29 is 9.53 Å². The number of rotatable bonds is 7. The minimum absolute atomic E-state index is 0. The van der Waals surface area contributed by atoms with Crippen molar-refractivity contribution in [1.29, 1.82) is 0 Å². The average molecular weight is 474 g/mol. The Balaban J connectivity index is 0.00000338. The van der Waals surface area contributed by atoms with E-state index in [2.05, 4.69) is 28.6 Å². The zero-order valence-electron chi connectivity index (χ0n) is 16.0. The lowest BCUT2D eigenvalue weighted by atomic mass is 10.1. The monoisotopic (exact) mass is 474 g/mol. The van der Waals surface area contributed by atoms with E-state index in [1.807, 2.05) is 24.0 Å². The number of hydrogen-bond acceptors (Lipinski definition) is 3. The van der Waals surface area contributed by atoms with Crippen LogP contribution in [0.2, 0.25) is 0 Å². The van der Waals surface area contributed by atoms with Crippen LogP contribution >= 0.6 is 24.0 Å². The quantitative estimate of drug-likeness (QED) is 0.362. The number of aliphatic imine (C=N–C) groups is 1. The second-order valence-electron chi connectivity index (χ2n) is 6.28. The lowest BCUT2D eigenvalue weighted by Gasteiger charge is -2.15. The van der Waals surface area contributed by atoms with E-state index in [1.54, 1.807) is 7.11 Å². The Morgan fingerprint density at radius 2 is 2.00 bits per heavy atom. The van der Waals surface area contributed by atoms with Crippen molar-refractivity contribution in [1.82, 2.24) is 15.5 Å². The molecular weight excluding hydrogens is 443 g/mol. The van der Waals surface area contributed by atoms with Gasteiger partial charge < -0.3 is 20.3 Å². The Morgan fingerprint density at radius 1 is 1.27 bits per heavy atom. The summed E-state index contributed by atoms with van der Waals surface area (Å²) in [5.41, 5.74) is 2.38. The maximum absolute atomic E-state index is 12.1. The first-order valence-electron chi connectivity index (χ1n) is 9.07. The molecule has 2 N–H and O–H groups in total. The van der Waals surface area contributed by atoms with Crippen molar-refractivity contribution in [3.63, 3.8) is 0 Å². The highest BCUT2D eigenvalue weighted by Crippen LogP contribution is 2.19. The number of methoxy groups -OCH3 is 1. The molecule has 1 saturated heterocycles. The van der Waals surface area contributed by atoms with Crippen LogP contribution in [-0.2, 0) is 11.2 Å². The van der Waals surface area contributed by atoms with Crippen LogP contribution in [0.1, 0.15) is 30.9 Å². The van der Waals surface area contributed by atoms with E-state index in [9.17, 15) is 4.79 Å². The molecule has 0 atom stereocenters. The number of ether oxygens (including phenoxy) is 1. The third-order valence-corrected chi connectivity index (χ3v) is 4.30. The summed E-state index contributed by atoms with van der Waals surface area (Å²) < 4.78 is 5.42. The van der Waals surface area contributed by atoms with E-state index < -0.39 is 0 Å². The summed E-state index contributed by atoms with van der Waals surface area (Å²) in [5.74, 6) is 1.69. The molecule has 0 bridgehead atoms. The minimum Gasteiger partial charge on any atom is -0.496 e. The molecule has 1 amide bonds. The number of amides is 1. The Kier molecular flexibility index (Phi) is 10.4. The average Bonchev–Trinajstić information content (AvgIpc) is 3.14. The number of guanidine groups is 1. The Morgan fingerprint density at radius 3 is 2.65 bits per heavy atom. The molecule has 0 aliphatic carbocycles. The van der Waals surface area contributed by atoms with Gasteiger partial charge in [-0.1, -0.05) is 17.7 Å². The highest BCUT2D eigenvalue weighted by Gasteiger charge is 2.17. The maximum Gasteiger partial charge on any atom is 0.244 e. The van der Waals surface area contributed by atoms with Crippen LogP contribution in [0.15, 0.2) is 23.2 Å². The predicted octanol–water partition coefficient (Wildman–Crippen LogP) is 2.34. The van der Waals surface area contributed by atoms with E-state index in [-0.39, 0.29) is 36.4 Å². The van der Waals surface area contributed by atoms with Crippen LogP contribution < -0.4 is 15.4 Å². The summed E-state index contributed by atoms with van der Waals surface area (Å²) in [6.07, 6.45) is 3.04. The first-order valence-corrected chi connectivity index (χ1v) is 9.07. The van der Waals surface area contributed by atoms with Crippen molar-refractivity contribution in [2.24, 2.45) is 4.99 Å². The van der Waals surface area contributed by atoms with Crippen LogP contribution in [0.4, 0.5) is 0 Å². The molecule has 7 heteroatoms. The van der Waals surface area contributed by atoms with Gasteiger partial charge in [0.05, 0.1) is 7.11 Å². The number of likely N-dealkylation sites (tertiary alicyclic amines) is 1. The van der Waals surface area contributed by atoms with Crippen LogP contribution in [0.3, 0.4) is 0 Å². The summed E-state index contributed by atoms with van der Waals surface area (Å²) in [6.45, 7) is 7.51. The highest BCUT2D eigenvalue weighted by molar-refractivity contribution is 14.0. The van der Waals surface area contributed by atoms with Gasteiger partial charge in [-0.15, -0.1) is 24.0 Å². The second-order valence-corrected chi connectivity index (χ2v) is 6.28. The normalized spacial score (nSPS) is 14.0. The highest BCUT2D eigenvalue weighted by atomic mass is 127. The zero-order chi connectivity index (χ0) is 18.1. The SMILES string of the molecule is CCNC(=NCC(=O)N1CCCC1)NCCc1cc(C)ccc1OC.I. The maximum atomic E-state index is 12.1. The molecule has 1 heterocycles. The fraction of sp³-hybridized carbons (Fsp3) is 0.579. The van der Waals surface area contributed by atoms with Crippen molar-refractivity contribution in [2.75, 3.05) is 39.8 Å². The van der Waals surface area contributed by atoms with Crippen molar-refractivity contribution in [3.8, 4) is 5.75 Å². The lowest BCUT2D eigenvalue weighted by molar-refractivity contribution is -0.128. The van der Waals surface area contributed by atoms with Crippen LogP contribution in [0, 0.1) is 6.92 Å². The minimum atomic E-state index is 0. The van der Waals surface area contributed by atoms with Crippen molar-refractivity contribution >= 4 is 35.8 Å². The largest absolute Gasteiger partial charge is 0.496 e. The van der Waals surface area contributed by atoms with Gasteiger partial charge in [0.15, 0.2) is 5.96 Å². The number of hydrogen-bond donors (Lipinski definition) is 2. The van der Waals surface area contributed by atoms with E-state index in [0.29, 0.717) is 5.96 Å². The molecule has 6 nitrogen and oxygen atoms in total. The molecule has 1 aliphatic heterocycles. The number of halogens is 1. The summed E-state index contributed by atoms with van der Waals surface area (Å²) in [6, 6.07) is 6.19. The molecule has 146 valence electrons. The standard InChI is InChI=1S/C19H30N4O2.HI/c1-4-20-19(22-14-18(24)23-11-5-6-12-23)21-10-9-16-13-15(2)7-8-17(16)25-3;/h7-8,13H,4-6,9-12,14H2,1-3H3,(H2,20,21,22);1H. The van der Waals surface area contributed by atoms with Gasteiger partial charge in [0.2, 0.25) is 5.91 Å². The number of benzene rings is 1. The van der Waals surface area contributed by atoms with E-state index >= 15 is 0 Å². The molecule has 0 saturated carbocycles. The Hall–Kier alpha value is -1.51. The lowest BCUT2D eigenvalue weighted by Crippen LogP contribution is -2.39. The van der Waals surface area contributed by atoms with Crippen molar-refractivity contribution in [3.05, 3.63) is 29.3 Å². The number of carbonyl (C=O) groups is 1. The second kappa shape index (κ2) is 12.0. The molecule has 0 radical (unpaired) electrons. The van der Waals surface area contributed by atoms with Crippen LogP contribution in [0.5, 0.6) is 5.75 Å². The molecule has 0 spiro atoms. The fourth-order valence-electron chi connectivity index (χ4n) is 2.97. The van der Waals surface area contributed by atoms with Gasteiger partial charge in [0.25, 0.3) is 0 Å². The number of nitrogens with zero attached hydrogens (tertiary/aromatic N) is 2. The van der Waals surface area contributed by atoms with E-state index in [4.69, 9.17) is 4.74 Å². The molecule has 2 rings (SSSR count). The molecular formula is C19H31IN4O2. The van der Waals surface area contributed by atoms with E-state index in [1.165, 1.54) is 11.1 Å². The number of aryl methyl sites for hydroxylation is 1. The summed E-state index contributed by atoms with van der Waals surface area (Å²) >= 11 is 0. The first kappa shape index (κ1) is 22.5. The van der Waals surface area contributed by atoms with Gasteiger partial charge in [-0.3, -0.25) is 4.79 Å². The van der Waals surface area contributed by atoms with Crippen LogP contribution in [0.25, 0.3) is 0 Å². The van der Waals surface area contributed by atoms with Gasteiger partial charge in [0.1, 0.15) is 12.3 Å². The van der Waals surface area contributed by atoms with Gasteiger partial charge in [-0.2, -0.15) is 0 Å². The molecule has 1 aromatic carbocycles. The van der Waals surface area contributed by atoms with Gasteiger partial charge in [0, 0.05) is 26.2 Å². The summed E-state index contributed by atoms with van der Waals surface area (Å²) in [5, 5.41) is 6.49. The van der Waals surface area contributed by atoms with E-state index in [0.717, 1.165) is 51.2 Å². The Bertz CT molecular complexity index is 601. The van der Waals surface area contributed by atoms with Crippen molar-refractivity contribution in [2.45, 2.75) is 33.1 Å². The molecule has 26 heavy (non-hydrogen) atoms. The van der Waals surface area contributed by atoms with Gasteiger partial charge >= 0.3 is 0 Å². The fourth-order valence-corrected chi connectivity index (χ4v) is 2.97. The molecule has 1 aliphatic rings.